The van der Waals surface area contributed by atoms with Crippen molar-refractivity contribution in [1.29, 1.82) is 0 Å². The van der Waals surface area contributed by atoms with Crippen molar-refractivity contribution >= 4 is 11.6 Å². The van der Waals surface area contributed by atoms with Gasteiger partial charge in [-0.05, 0) is 31.1 Å². The molecule has 2 aromatic carbocycles. The van der Waals surface area contributed by atoms with Crippen molar-refractivity contribution in [2.75, 3.05) is 26.8 Å². The number of carbonyl (C=O) groups is 1. The molecule has 0 saturated carbocycles. The summed E-state index contributed by atoms with van der Waals surface area (Å²) in [5, 5.41) is 8.40. The Morgan fingerprint density at radius 2 is 1.92 bits per heavy atom. The highest BCUT2D eigenvalue weighted by Gasteiger charge is 2.30. The summed E-state index contributed by atoms with van der Waals surface area (Å²) in [7, 11) is 1.61. The minimum atomic E-state index is 0.0102. The van der Waals surface area contributed by atoms with Crippen molar-refractivity contribution in [3.05, 3.63) is 78.9 Å². The molecule has 1 atom stereocenters. The zero-order valence-electron chi connectivity index (χ0n) is 20.8. The van der Waals surface area contributed by atoms with Crippen LogP contribution < -0.4 is 14.8 Å². The first-order valence-electron chi connectivity index (χ1n) is 12.6. The van der Waals surface area contributed by atoms with Crippen LogP contribution in [0.2, 0.25) is 0 Å². The molecular formula is C29H29N5O3. The van der Waals surface area contributed by atoms with E-state index in [0.29, 0.717) is 18.5 Å². The molecule has 4 aromatic rings. The number of hydrogen-bond acceptors (Lipinski definition) is 6. The molecule has 0 aliphatic carbocycles. The van der Waals surface area contributed by atoms with E-state index in [1.807, 2.05) is 39.7 Å². The monoisotopic (exact) mass is 495 g/mol. The highest BCUT2D eigenvalue weighted by atomic mass is 16.5. The van der Waals surface area contributed by atoms with Gasteiger partial charge >= 0.3 is 0 Å². The number of rotatable bonds is 6. The number of amides is 1. The highest BCUT2D eigenvalue weighted by Crippen LogP contribution is 2.39. The Balaban J connectivity index is 1.29. The predicted octanol–water partition coefficient (Wildman–Crippen LogP) is 4.27. The van der Waals surface area contributed by atoms with Gasteiger partial charge < -0.3 is 19.7 Å². The summed E-state index contributed by atoms with van der Waals surface area (Å²) in [5.74, 6) is 1.41. The van der Waals surface area contributed by atoms with Crippen molar-refractivity contribution in [3.8, 4) is 34.1 Å². The van der Waals surface area contributed by atoms with Gasteiger partial charge in [-0.2, -0.15) is 0 Å². The Kier molecular flexibility index (Phi) is 6.10. The number of nitrogens with zero attached hydrogens (tertiary/aromatic N) is 4. The molecule has 4 heterocycles. The average molecular weight is 496 g/mol. The fraction of sp³-hybridized carbons (Fsp3) is 0.276. The van der Waals surface area contributed by atoms with Crippen molar-refractivity contribution in [2.24, 2.45) is 0 Å². The number of piperidine rings is 1. The lowest BCUT2D eigenvalue weighted by Gasteiger charge is -2.33. The summed E-state index contributed by atoms with van der Waals surface area (Å²) in [6.45, 7) is 5.67. The van der Waals surface area contributed by atoms with Gasteiger partial charge in [-0.3, -0.25) is 4.79 Å². The quantitative estimate of drug-likeness (QED) is 0.403. The Bertz CT molecular complexity index is 1460. The molecule has 0 bridgehead atoms. The van der Waals surface area contributed by atoms with Gasteiger partial charge in [-0.15, -0.1) is 5.10 Å². The minimum absolute atomic E-state index is 0.0102. The van der Waals surface area contributed by atoms with E-state index in [1.54, 1.807) is 7.11 Å². The lowest BCUT2D eigenvalue weighted by atomic mass is 9.99. The fourth-order valence-electron chi connectivity index (χ4n) is 5.26. The van der Waals surface area contributed by atoms with E-state index in [0.717, 1.165) is 65.4 Å². The fourth-order valence-corrected chi connectivity index (χ4v) is 5.26. The zero-order valence-corrected chi connectivity index (χ0v) is 20.8. The molecule has 2 aliphatic heterocycles. The van der Waals surface area contributed by atoms with Crippen LogP contribution in [0.1, 0.15) is 24.4 Å². The smallest absolute Gasteiger partial charge is 0.245 e. The van der Waals surface area contributed by atoms with Gasteiger partial charge in [-0.25, -0.2) is 9.50 Å². The van der Waals surface area contributed by atoms with E-state index >= 15 is 0 Å². The van der Waals surface area contributed by atoms with Gasteiger partial charge in [0.25, 0.3) is 0 Å². The van der Waals surface area contributed by atoms with Crippen molar-refractivity contribution in [1.82, 2.24) is 24.8 Å². The number of likely N-dealkylation sites (tertiary alicyclic amines) is 1. The number of ether oxygens (including phenoxy) is 2. The second-order valence-corrected chi connectivity index (χ2v) is 9.41. The third-order valence-electron chi connectivity index (χ3n) is 7.20. The van der Waals surface area contributed by atoms with Crippen LogP contribution in [-0.4, -0.2) is 58.3 Å². The van der Waals surface area contributed by atoms with Gasteiger partial charge in [0.2, 0.25) is 11.8 Å². The second-order valence-electron chi connectivity index (χ2n) is 9.41. The maximum atomic E-state index is 11.9. The number of carbonyl (C=O) groups excluding carboxylic acids is 1. The maximum Gasteiger partial charge on any atom is 0.245 e. The highest BCUT2D eigenvalue weighted by molar-refractivity contribution is 5.87. The van der Waals surface area contributed by atoms with Gasteiger partial charge in [0.15, 0.2) is 5.65 Å². The summed E-state index contributed by atoms with van der Waals surface area (Å²) >= 11 is 0. The predicted molar refractivity (Wildman–Crippen MR) is 142 cm³/mol. The molecule has 1 saturated heterocycles. The number of hydrogen-bond donors (Lipinski definition) is 1. The topological polar surface area (TPSA) is 81.0 Å². The second kappa shape index (κ2) is 9.71. The van der Waals surface area contributed by atoms with Gasteiger partial charge in [0, 0.05) is 41.9 Å². The van der Waals surface area contributed by atoms with Crippen LogP contribution in [0.15, 0.2) is 73.3 Å². The third kappa shape index (κ3) is 4.34. The summed E-state index contributed by atoms with van der Waals surface area (Å²) < 4.78 is 13.4. The van der Waals surface area contributed by atoms with Gasteiger partial charge in [0.1, 0.15) is 18.1 Å². The summed E-state index contributed by atoms with van der Waals surface area (Å²) in [6, 6.07) is 20.7. The first-order chi connectivity index (χ1) is 18.1. The van der Waals surface area contributed by atoms with Crippen LogP contribution in [0, 0.1) is 0 Å². The number of methoxy groups -OCH3 is 1. The lowest BCUT2D eigenvalue weighted by Crippen LogP contribution is -2.45. The minimum Gasteiger partial charge on any atom is -0.491 e. The van der Waals surface area contributed by atoms with E-state index in [2.05, 4.69) is 47.3 Å². The molecule has 6 rings (SSSR count). The van der Waals surface area contributed by atoms with E-state index in [-0.39, 0.29) is 11.9 Å². The Morgan fingerprint density at radius 3 is 2.68 bits per heavy atom. The molecule has 2 aliphatic rings. The van der Waals surface area contributed by atoms with Crippen LogP contribution >= 0.6 is 0 Å². The molecule has 188 valence electrons. The van der Waals surface area contributed by atoms with Crippen LogP contribution in [0.3, 0.4) is 0 Å². The average Bonchev–Trinajstić information content (AvgIpc) is 3.54. The van der Waals surface area contributed by atoms with Gasteiger partial charge in [-0.1, -0.05) is 49.0 Å². The standard InChI is InChI=1S/C29H29N5O3/c1-3-27(35)33-15-13-21(14-16-33)30-23-18-37-24-17-20(9-10-22(23)24)28-29(19-7-5-4-6-8-19)34-25(31-28)11-12-26(32-34)36-2/h3-12,17,21,23,30H,1,13-16,18H2,2H3. The number of imidazole rings is 1. The van der Waals surface area contributed by atoms with E-state index < -0.39 is 0 Å². The Hall–Kier alpha value is -4.17. The van der Waals surface area contributed by atoms with E-state index in [1.165, 1.54) is 6.08 Å². The van der Waals surface area contributed by atoms with Gasteiger partial charge in [0.05, 0.1) is 18.8 Å². The lowest BCUT2D eigenvalue weighted by molar-refractivity contribution is -0.127. The largest absolute Gasteiger partial charge is 0.491 e. The van der Waals surface area contributed by atoms with E-state index in [4.69, 9.17) is 14.5 Å². The molecule has 1 N–H and O–H groups in total. The van der Waals surface area contributed by atoms with E-state index in [9.17, 15) is 4.79 Å². The third-order valence-corrected chi connectivity index (χ3v) is 7.20. The summed E-state index contributed by atoms with van der Waals surface area (Å²) in [5.41, 5.74) is 5.64. The van der Waals surface area contributed by atoms with Crippen LogP contribution in [0.4, 0.5) is 0 Å². The normalized spacial score (nSPS) is 17.4. The molecule has 1 fully saturated rings. The Morgan fingerprint density at radius 1 is 1.11 bits per heavy atom. The number of nitrogens with one attached hydrogen (secondary N) is 1. The molecule has 0 radical (unpaired) electrons. The Labute approximate surface area is 215 Å². The summed E-state index contributed by atoms with van der Waals surface area (Å²) in [4.78, 5) is 18.7. The van der Waals surface area contributed by atoms with Crippen LogP contribution in [0.5, 0.6) is 11.6 Å². The molecular weight excluding hydrogens is 466 g/mol. The molecule has 2 aromatic heterocycles. The van der Waals surface area contributed by atoms with Crippen LogP contribution in [-0.2, 0) is 4.79 Å². The van der Waals surface area contributed by atoms with Crippen molar-refractivity contribution in [2.45, 2.75) is 24.9 Å². The molecule has 1 amide bonds. The zero-order chi connectivity index (χ0) is 25.4. The number of benzene rings is 2. The van der Waals surface area contributed by atoms with Crippen molar-refractivity contribution < 1.29 is 14.3 Å². The van der Waals surface area contributed by atoms with Crippen LogP contribution in [0.25, 0.3) is 28.2 Å². The molecule has 8 nitrogen and oxygen atoms in total. The maximum absolute atomic E-state index is 11.9. The molecule has 8 heteroatoms. The van der Waals surface area contributed by atoms with Crippen molar-refractivity contribution in [3.63, 3.8) is 0 Å². The molecule has 0 spiro atoms. The SMILES string of the molecule is C=CC(=O)N1CCC(NC2COc3cc(-c4nc5ccc(OC)nn5c4-c4ccccc4)ccc32)CC1. The first kappa shape index (κ1) is 23.2. The first-order valence-corrected chi connectivity index (χ1v) is 12.6. The molecule has 1 unspecified atom stereocenters. The summed E-state index contributed by atoms with van der Waals surface area (Å²) in [6.07, 6.45) is 3.23. The molecule has 37 heavy (non-hydrogen) atoms. The number of fused-ring (bicyclic) bond motifs is 2. The number of aromatic nitrogens is 3.